The van der Waals surface area contributed by atoms with Gasteiger partial charge in [-0.3, -0.25) is 0 Å². The third-order valence-corrected chi connectivity index (χ3v) is 9.37. The van der Waals surface area contributed by atoms with E-state index in [0.717, 1.165) is 5.20 Å². The topological polar surface area (TPSA) is 55.4 Å². The minimum absolute atomic E-state index is 0.168. The van der Waals surface area contributed by atoms with Gasteiger partial charge in [-0.05, 0) is 0 Å². The van der Waals surface area contributed by atoms with Gasteiger partial charge in [-0.25, -0.2) is 0 Å². The molecule has 1 aliphatic carbocycles. The fraction of sp³-hybridized carbons (Fsp3) is 0.636. The number of hydrogen-bond acceptors (Lipinski definition) is 6. The maximum atomic E-state index is 5.54. The Morgan fingerprint density at radius 2 is 1.26 bits per heavy atom. The fourth-order valence-corrected chi connectivity index (χ4v) is 7.44. The third-order valence-electron chi connectivity index (χ3n) is 3.31. The summed E-state index contributed by atoms with van der Waals surface area (Å²) in [6, 6.07) is 0. The fourth-order valence-electron chi connectivity index (χ4n) is 2.31. The summed E-state index contributed by atoms with van der Waals surface area (Å²) in [5, 5.41) is 0.886. The summed E-state index contributed by atoms with van der Waals surface area (Å²) in [5.41, 5.74) is -0.168. The van der Waals surface area contributed by atoms with Gasteiger partial charge in [-0.15, -0.1) is 0 Å². The first-order valence-electron chi connectivity index (χ1n) is 5.79. The lowest BCUT2D eigenvalue weighted by Crippen LogP contribution is -2.54. The van der Waals surface area contributed by atoms with Gasteiger partial charge in [0.2, 0.25) is 0 Å². The van der Waals surface area contributed by atoms with E-state index in [1.165, 1.54) is 0 Å². The summed E-state index contributed by atoms with van der Waals surface area (Å²) in [5.74, 6) is 0. The molecule has 0 spiro atoms. The summed E-state index contributed by atoms with van der Waals surface area (Å²) in [6.07, 6.45) is 5.81. The normalized spacial score (nSPS) is 19.9. The van der Waals surface area contributed by atoms with Crippen LogP contribution in [-0.2, 0) is 26.6 Å². The molecule has 0 fully saturated rings. The van der Waals surface area contributed by atoms with Crippen LogP contribution in [0.4, 0.5) is 0 Å². The molecule has 0 aromatic heterocycles. The van der Waals surface area contributed by atoms with Crippen molar-refractivity contribution in [3.63, 3.8) is 0 Å². The lowest BCUT2D eigenvalue weighted by Gasteiger charge is -2.35. The van der Waals surface area contributed by atoms with Crippen LogP contribution in [0.25, 0.3) is 0 Å². The first-order chi connectivity index (χ1) is 9.09. The maximum Gasteiger partial charge on any atom is 0.532 e. The van der Waals surface area contributed by atoms with Crippen LogP contribution in [-0.4, -0.2) is 60.3 Å². The summed E-state index contributed by atoms with van der Waals surface area (Å²) in [4.78, 5) is 0. The highest BCUT2D eigenvalue weighted by Gasteiger charge is 2.57. The first-order valence-corrected chi connectivity index (χ1v) is 9.32. The molecule has 0 N–H and O–H groups in total. The van der Waals surface area contributed by atoms with Gasteiger partial charge in [-0.1, -0.05) is 18.2 Å². The Bertz CT molecular complexity index is 333. The Morgan fingerprint density at radius 1 is 0.789 bits per heavy atom. The molecule has 0 aliphatic heterocycles. The second-order valence-electron chi connectivity index (χ2n) is 3.87. The molecule has 19 heavy (non-hydrogen) atoms. The van der Waals surface area contributed by atoms with E-state index in [2.05, 4.69) is 0 Å². The molecule has 6 nitrogen and oxygen atoms in total. The molecular weight excluding hydrogens is 284 g/mol. The molecule has 110 valence electrons. The zero-order chi connectivity index (χ0) is 14.5. The highest BCUT2D eigenvalue weighted by atomic mass is 28.4. The molecule has 0 aromatic carbocycles. The van der Waals surface area contributed by atoms with Crippen LogP contribution in [0.5, 0.6) is 0 Å². The van der Waals surface area contributed by atoms with Crippen molar-refractivity contribution >= 4 is 17.6 Å². The SMILES string of the molecule is CO[Si](OC)(OC)C1=CC=CC1[Si](OC)(OC)OC. The summed E-state index contributed by atoms with van der Waals surface area (Å²) < 4.78 is 33.2. The Labute approximate surface area is 116 Å². The number of allylic oxidation sites excluding steroid dienone is 4. The largest absolute Gasteiger partial charge is 0.532 e. The summed E-state index contributed by atoms with van der Waals surface area (Å²) >= 11 is 0. The van der Waals surface area contributed by atoms with Gasteiger partial charge >= 0.3 is 17.6 Å². The molecule has 1 rings (SSSR count). The van der Waals surface area contributed by atoms with E-state index < -0.39 is 17.6 Å². The quantitative estimate of drug-likeness (QED) is 0.627. The maximum absolute atomic E-state index is 5.54. The molecule has 0 amide bonds. The summed E-state index contributed by atoms with van der Waals surface area (Å²) in [6.45, 7) is 0. The van der Waals surface area contributed by atoms with Crippen molar-refractivity contribution in [2.75, 3.05) is 42.7 Å². The Hall–Kier alpha value is -0.326. The highest BCUT2D eigenvalue weighted by Crippen LogP contribution is 2.41. The van der Waals surface area contributed by atoms with Gasteiger partial charge in [0.25, 0.3) is 0 Å². The monoisotopic (exact) mass is 306 g/mol. The molecule has 0 saturated heterocycles. The van der Waals surface area contributed by atoms with Crippen LogP contribution in [0.2, 0.25) is 5.54 Å². The van der Waals surface area contributed by atoms with Gasteiger partial charge in [-0.2, -0.15) is 0 Å². The van der Waals surface area contributed by atoms with E-state index in [-0.39, 0.29) is 5.54 Å². The molecule has 0 heterocycles. The molecule has 0 saturated carbocycles. The van der Waals surface area contributed by atoms with Gasteiger partial charge in [0.1, 0.15) is 0 Å². The summed E-state index contributed by atoms with van der Waals surface area (Å²) in [7, 11) is 3.69. The Balaban J connectivity index is 3.17. The van der Waals surface area contributed by atoms with Crippen LogP contribution < -0.4 is 0 Å². The van der Waals surface area contributed by atoms with E-state index in [0.29, 0.717) is 0 Å². The van der Waals surface area contributed by atoms with Gasteiger partial charge in [0, 0.05) is 47.9 Å². The smallest absolute Gasteiger partial charge is 0.376 e. The average Bonchev–Trinajstić information content (AvgIpc) is 2.95. The van der Waals surface area contributed by atoms with Crippen LogP contribution in [0.1, 0.15) is 0 Å². The van der Waals surface area contributed by atoms with Gasteiger partial charge in [0.15, 0.2) is 0 Å². The van der Waals surface area contributed by atoms with Crippen molar-refractivity contribution in [3.05, 3.63) is 23.4 Å². The van der Waals surface area contributed by atoms with E-state index in [1.807, 2.05) is 18.2 Å². The molecule has 0 bridgehead atoms. The van der Waals surface area contributed by atoms with Crippen molar-refractivity contribution < 1.29 is 26.6 Å². The minimum atomic E-state index is -2.91. The zero-order valence-corrected chi connectivity index (χ0v) is 14.3. The first kappa shape index (κ1) is 16.7. The van der Waals surface area contributed by atoms with Crippen LogP contribution in [0, 0.1) is 0 Å². The average molecular weight is 306 g/mol. The predicted molar refractivity (Wildman–Crippen MR) is 74.5 cm³/mol. The van der Waals surface area contributed by atoms with Crippen molar-refractivity contribution in [2.24, 2.45) is 0 Å². The van der Waals surface area contributed by atoms with E-state index >= 15 is 0 Å². The standard InChI is InChI=1S/C11H22O6Si2/c1-12-18(13-2,14-3)10-8-7-9-11(10)19(15-4,16-5)17-6/h7-10H,1-6H3. The van der Waals surface area contributed by atoms with Gasteiger partial charge < -0.3 is 26.6 Å². The lowest BCUT2D eigenvalue weighted by molar-refractivity contribution is 0.112. The Morgan fingerprint density at radius 3 is 1.63 bits per heavy atom. The Kier molecular flexibility index (Phi) is 6.08. The molecule has 8 heteroatoms. The molecule has 0 radical (unpaired) electrons. The van der Waals surface area contributed by atoms with Crippen molar-refractivity contribution in [2.45, 2.75) is 5.54 Å². The van der Waals surface area contributed by atoms with Crippen molar-refractivity contribution in [1.82, 2.24) is 0 Å². The van der Waals surface area contributed by atoms with Crippen molar-refractivity contribution in [1.29, 1.82) is 0 Å². The minimum Gasteiger partial charge on any atom is -0.376 e. The highest BCUT2D eigenvalue weighted by molar-refractivity contribution is 6.75. The van der Waals surface area contributed by atoms with E-state index in [1.54, 1.807) is 42.7 Å². The van der Waals surface area contributed by atoms with Crippen LogP contribution in [0.15, 0.2) is 23.4 Å². The molecule has 1 aliphatic rings. The molecule has 1 unspecified atom stereocenters. The zero-order valence-electron chi connectivity index (χ0n) is 12.3. The number of hydrogen-bond donors (Lipinski definition) is 0. The second-order valence-corrected chi connectivity index (χ2v) is 9.84. The van der Waals surface area contributed by atoms with Crippen molar-refractivity contribution in [3.8, 4) is 0 Å². The number of rotatable bonds is 8. The van der Waals surface area contributed by atoms with Crippen LogP contribution >= 0.6 is 0 Å². The second kappa shape index (κ2) is 6.91. The predicted octanol–water partition coefficient (Wildman–Crippen LogP) is 1.15. The molecule has 1 atom stereocenters. The van der Waals surface area contributed by atoms with Gasteiger partial charge in [0.05, 0.1) is 5.54 Å². The molecule has 0 aromatic rings. The molecular formula is C11H22O6Si2. The van der Waals surface area contributed by atoms with E-state index in [4.69, 9.17) is 26.6 Å². The third kappa shape index (κ3) is 2.76. The van der Waals surface area contributed by atoms with E-state index in [9.17, 15) is 0 Å². The lowest BCUT2D eigenvalue weighted by atomic mass is 10.5. The van der Waals surface area contributed by atoms with Crippen LogP contribution in [0.3, 0.4) is 0 Å².